The zero-order chi connectivity index (χ0) is 37.9. The maximum atomic E-state index is 13.8. The molecule has 0 saturated carbocycles. The van der Waals surface area contributed by atoms with E-state index >= 15 is 0 Å². The van der Waals surface area contributed by atoms with E-state index < -0.39 is 22.0 Å². The number of ether oxygens (including phenoxy) is 3. The normalized spacial score (nSPS) is 12.4. The van der Waals surface area contributed by atoms with Crippen LogP contribution in [0.25, 0.3) is 33.0 Å². The van der Waals surface area contributed by atoms with E-state index in [1.165, 1.54) is 11.3 Å². The highest BCUT2D eigenvalue weighted by Gasteiger charge is 2.29. The number of rotatable bonds is 13. The first-order valence-corrected chi connectivity index (χ1v) is 18.9. The molecule has 4 aromatic heterocycles. The molecule has 276 valence electrons. The largest absolute Gasteiger partial charge is 0.591 e. The first-order valence-electron chi connectivity index (χ1n) is 16.9. The Morgan fingerprint density at radius 3 is 2.55 bits per heavy atom. The van der Waals surface area contributed by atoms with Crippen LogP contribution in [0.15, 0.2) is 65.2 Å². The molecule has 1 atom stereocenters. The average molecular weight is 755 g/mol. The Morgan fingerprint density at radius 1 is 1.08 bits per heavy atom. The summed E-state index contributed by atoms with van der Waals surface area (Å²) in [4.78, 5) is 24.4. The van der Waals surface area contributed by atoms with Gasteiger partial charge >= 0.3 is 0 Å². The zero-order valence-electron chi connectivity index (χ0n) is 31.0. The van der Waals surface area contributed by atoms with E-state index in [2.05, 4.69) is 14.8 Å². The van der Waals surface area contributed by atoms with Crippen molar-refractivity contribution in [3.8, 4) is 39.3 Å². The van der Waals surface area contributed by atoms with Crippen LogP contribution in [0.5, 0.6) is 17.2 Å². The number of thiazole rings is 1. The van der Waals surface area contributed by atoms with Crippen LogP contribution in [0.3, 0.4) is 0 Å². The molecule has 1 amide bonds. The molecule has 0 aliphatic carbocycles. The van der Waals surface area contributed by atoms with Gasteiger partial charge in [-0.2, -0.15) is 10.2 Å². The topological polar surface area (TPSA) is 154 Å². The summed E-state index contributed by atoms with van der Waals surface area (Å²) in [5.74, 6) is 1.44. The van der Waals surface area contributed by atoms with Crippen molar-refractivity contribution in [3.63, 3.8) is 0 Å². The fourth-order valence-corrected chi connectivity index (χ4v) is 7.12. The van der Waals surface area contributed by atoms with E-state index in [9.17, 15) is 9.35 Å². The number of nitrogens with one attached hydrogen (secondary N) is 1. The Morgan fingerprint density at radius 2 is 1.85 bits per heavy atom. The van der Waals surface area contributed by atoms with Crippen molar-refractivity contribution in [2.45, 2.75) is 59.1 Å². The maximum Gasteiger partial charge on any atom is 0.270 e. The Labute approximate surface area is 315 Å². The molecule has 0 spiro atoms. The fourth-order valence-electron chi connectivity index (χ4n) is 5.55. The first kappa shape index (κ1) is 37.5. The molecule has 2 aromatic carbocycles. The lowest BCUT2D eigenvalue weighted by Crippen LogP contribution is -2.25. The van der Waals surface area contributed by atoms with Crippen molar-refractivity contribution in [2.75, 3.05) is 14.2 Å². The Kier molecular flexibility index (Phi) is 11.2. The van der Waals surface area contributed by atoms with Crippen molar-refractivity contribution >= 4 is 45.7 Å². The zero-order valence-corrected chi connectivity index (χ0v) is 32.6. The number of hydrogen-bond acceptors (Lipinski definition) is 11. The highest BCUT2D eigenvalue weighted by molar-refractivity contribution is 7.91. The molecule has 0 saturated heterocycles. The molecule has 0 bridgehead atoms. The standard InChI is InChI=1S/C38H42N8O5S2/c1-9-46-34(35(23(2)44-46)51-22-24-13-11-10-12-14-24)37-43-33(31(52-37)21-41-53(48)38(3,4)5)32-27-20-40-45(6)29(27)18-28(42-32)36(47)39-19-25-15-16-26(49-7)17-30(25)50-8/h10-18,20-21H,9,19,22H2,1-8H3,(H,39,47)/b41-21+. The van der Waals surface area contributed by atoms with Gasteiger partial charge in [0.05, 0.1) is 37.0 Å². The molecule has 1 unspecified atom stereocenters. The van der Waals surface area contributed by atoms with Crippen LogP contribution in [0.4, 0.5) is 0 Å². The summed E-state index contributed by atoms with van der Waals surface area (Å²) in [5, 5.41) is 13.5. The summed E-state index contributed by atoms with van der Waals surface area (Å²) in [6.07, 6.45) is 3.28. The predicted molar refractivity (Wildman–Crippen MR) is 208 cm³/mol. The molecular formula is C38H42N8O5S2. The van der Waals surface area contributed by atoms with Crippen LogP contribution in [-0.4, -0.2) is 65.2 Å². The predicted octanol–water partition coefficient (Wildman–Crippen LogP) is 6.69. The quantitative estimate of drug-likeness (QED) is 0.100. The van der Waals surface area contributed by atoms with Gasteiger partial charge in [0, 0.05) is 37.2 Å². The smallest absolute Gasteiger partial charge is 0.270 e. The fraction of sp³-hybridized carbons (Fsp3) is 0.316. The van der Waals surface area contributed by atoms with Crippen molar-refractivity contribution in [1.82, 2.24) is 34.8 Å². The second-order valence-electron chi connectivity index (χ2n) is 13.1. The minimum Gasteiger partial charge on any atom is -0.591 e. The highest BCUT2D eigenvalue weighted by Crippen LogP contribution is 2.41. The number of aryl methyl sites for hydroxylation is 3. The van der Waals surface area contributed by atoms with E-state index in [4.69, 9.17) is 29.3 Å². The number of benzene rings is 2. The molecule has 1 N–H and O–H groups in total. The third-order valence-electron chi connectivity index (χ3n) is 8.38. The number of fused-ring (bicyclic) bond motifs is 1. The molecule has 0 aliphatic rings. The second kappa shape index (κ2) is 15.8. The van der Waals surface area contributed by atoms with Gasteiger partial charge in [-0.3, -0.25) is 14.2 Å². The van der Waals surface area contributed by atoms with Crippen LogP contribution < -0.4 is 19.5 Å². The number of nitrogens with zero attached hydrogens (tertiary/aromatic N) is 7. The molecule has 6 rings (SSSR count). The minimum atomic E-state index is -1.54. The van der Waals surface area contributed by atoms with Crippen molar-refractivity contribution in [1.29, 1.82) is 0 Å². The van der Waals surface area contributed by atoms with E-state index in [-0.39, 0.29) is 12.2 Å². The SMILES string of the molecule is CCn1nc(C)c(OCc2ccccc2)c1-c1nc(-c2nc(C(=O)NCc3ccc(OC)cc3OC)cc3c2cnn3C)c(/C=N/[S+]([O-])C(C)(C)C)s1. The van der Waals surface area contributed by atoms with Gasteiger partial charge in [-0.15, -0.1) is 11.3 Å². The Hall–Kier alpha value is -5.25. The van der Waals surface area contributed by atoms with Gasteiger partial charge in [0.2, 0.25) is 0 Å². The summed E-state index contributed by atoms with van der Waals surface area (Å²) in [6.45, 7) is 10.6. The number of amides is 1. The van der Waals surface area contributed by atoms with Crippen LogP contribution >= 0.6 is 11.3 Å². The number of methoxy groups -OCH3 is 2. The van der Waals surface area contributed by atoms with Crippen LogP contribution in [0.2, 0.25) is 0 Å². The summed E-state index contributed by atoms with van der Waals surface area (Å²) in [5.41, 5.74) is 4.94. The van der Waals surface area contributed by atoms with Crippen LogP contribution in [0, 0.1) is 6.92 Å². The van der Waals surface area contributed by atoms with Gasteiger partial charge in [0.1, 0.15) is 67.7 Å². The maximum absolute atomic E-state index is 13.8. The first-order chi connectivity index (χ1) is 25.4. The van der Waals surface area contributed by atoms with E-state index in [1.54, 1.807) is 50.5 Å². The Bertz CT molecular complexity index is 2270. The lowest BCUT2D eigenvalue weighted by Gasteiger charge is -2.17. The summed E-state index contributed by atoms with van der Waals surface area (Å²) >= 11 is -0.187. The molecule has 0 radical (unpaired) electrons. The van der Waals surface area contributed by atoms with Crippen molar-refractivity contribution in [3.05, 3.63) is 88.2 Å². The lowest BCUT2D eigenvalue weighted by atomic mass is 10.1. The summed E-state index contributed by atoms with van der Waals surface area (Å²) in [7, 11) is 4.95. The van der Waals surface area contributed by atoms with Crippen LogP contribution in [-0.2, 0) is 38.1 Å². The van der Waals surface area contributed by atoms with Gasteiger partial charge < -0.3 is 24.1 Å². The number of hydrogen-bond donors (Lipinski definition) is 1. The molecule has 6 aromatic rings. The van der Waals surface area contributed by atoms with Crippen molar-refractivity contribution < 1.29 is 23.6 Å². The molecule has 0 fully saturated rings. The number of pyridine rings is 1. The second-order valence-corrected chi connectivity index (χ2v) is 16.1. The molecule has 15 heteroatoms. The Balaban J connectivity index is 1.45. The number of carbonyl (C=O) groups is 1. The molecule has 53 heavy (non-hydrogen) atoms. The number of aromatic nitrogens is 6. The average Bonchev–Trinajstić information content (AvgIpc) is 3.85. The van der Waals surface area contributed by atoms with Gasteiger partial charge in [-0.1, -0.05) is 34.7 Å². The summed E-state index contributed by atoms with van der Waals surface area (Å²) < 4.78 is 37.8. The molecular weight excluding hydrogens is 713 g/mol. The molecule has 4 heterocycles. The van der Waals surface area contributed by atoms with Crippen LogP contribution in [0.1, 0.15) is 59.9 Å². The van der Waals surface area contributed by atoms with E-state index in [0.29, 0.717) is 68.3 Å². The third-order valence-corrected chi connectivity index (χ3v) is 10.7. The summed E-state index contributed by atoms with van der Waals surface area (Å²) in [6, 6.07) is 17.0. The van der Waals surface area contributed by atoms with E-state index in [1.807, 2.05) is 81.8 Å². The van der Waals surface area contributed by atoms with Gasteiger partial charge in [0.25, 0.3) is 5.91 Å². The number of carbonyl (C=O) groups excluding carboxylic acids is 1. The van der Waals surface area contributed by atoms with Gasteiger partial charge in [0.15, 0.2) is 5.75 Å². The lowest BCUT2D eigenvalue weighted by molar-refractivity contribution is 0.0946. The molecule has 13 nitrogen and oxygen atoms in total. The molecule has 0 aliphatic heterocycles. The highest BCUT2D eigenvalue weighted by atomic mass is 32.2. The minimum absolute atomic E-state index is 0.167. The van der Waals surface area contributed by atoms with Gasteiger partial charge in [-0.25, -0.2) is 9.97 Å². The third kappa shape index (κ3) is 8.06. The van der Waals surface area contributed by atoms with E-state index in [0.717, 1.165) is 16.8 Å². The van der Waals surface area contributed by atoms with Crippen molar-refractivity contribution in [2.24, 2.45) is 11.4 Å². The van der Waals surface area contributed by atoms with Gasteiger partial charge in [-0.05, 0) is 58.4 Å². The monoisotopic (exact) mass is 754 g/mol.